The van der Waals surface area contributed by atoms with Crippen molar-refractivity contribution in [3.05, 3.63) is 24.3 Å². The number of hydrogen-bond donors (Lipinski definition) is 2. The molecule has 0 aliphatic heterocycles. The van der Waals surface area contributed by atoms with Crippen LogP contribution < -0.4 is 9.46 Å². The van der Waals surface area contributed by atoms with Gasteiger partial charge in [-0.15, -0.1) is 13.2 Å². The number of nitrogens with one attached hydrogen (secondary N) is 1. The van der Waals surface area contributed by atoms with Gasteiger partial charge in [0.2, 0.25) is 10.0 Å². The molecule has 0 heterocycles. The Morgan fingerprint density at radius 3 is 2.32 bits per heavy atom. The number of halogens is 3. The Hall–Kier alpha value is -1.46. The van der Waals surface area contributed by atoms with Gasteiger partial charge in [0.05, 0.1) is 4.90 Å². The monoisotopic (exact) mass is 359 g/mol. The van der Waals surface area contributed by atoms with Crippen molar-refractivity contribution in [2.45, 2.75) is 17.3 Å². The van der Waals surface area contributed by atoms with Crippen LogP contribution in [0.3, 0.4) is 0 Å². The van der Waals surface area contributed by atoms with Crippen molar-refractivity contribution in [1.29, 1.82) is 0 Å². The Labute approximate surface area is 128 Å². The lowest BCUT2D eigenvalue weighted by Gasteiger charge is -2.14. The highest BCUT2D eigenvalue weighted by Crippen LogP contribution is 2.23. The van der Waals surface area contributed by atoms with E-state index in [0.717, 1.165) is 36.0 Å². The summed E-state index contributed by atoms with van der Waals surface area (Å²) < 4.78 is 65.5. The number of carboxylic acids is 1. The minimum atomic E-state index is -4.88. The molecule has 1 rings (SSSR count). The zero-order valence-electron chi connectivity index (χ0n) is 11.1. The average molecular weight is 359 g/mol. The van der Waals surface area contributed by atoms with E-state index < -0.39 is 34.1 Å². The first kappa shape index (κ1) is 18.6. The normalized spacial score (nSPS) is 13.6. The summed E-state index contributed by atoms with van der Waals surface area (Å²) in [5.41, 5.74) is 0. The lowest BCUT2D eigenvalue weighted by atomic mass is 10.3. The van der Waals surface area contributed by atoms with Crippen molar-refractivity contribution in [3.63, 3.8) is 0 Å². The number of carbonyl (C=O) groups is 1. The van der Waals surface area contributed by atoms with Crippen molar-refractivity contribution >= 4 is 27.8 Å². The fraction of sp³-hybridized carbons (Fsp3) is 0.364. The molecular formula is C11H12F3NO5S2. The maximum Gasteiger partial charge on any atom is 0.573 e. The number of rotatable bonds is 7. The zero-order valence-corrected chi connectivity index (χ0v) is 12.8. The number of ether oxygens (including phenoxy) is 1. The molecule has 0 saturated heterocycles. The lowest BCUT2D eigenvalue weighted by molar-refractivity contribution is -0.274. The standard InChI is InChI=1S/C11H12F3NO5S2/c1-21-6-9(10(16)17)15-22(18,19)8-4-2-7(3-5-8)20-11(12,13)14/h2-5,9,15H,6H2,1H3,(H,16,17). The van der Waals surface area contributed by atoms with E-state index in [1.807, 2.05) is 4.72 Å². The molecule has 22 heavy (non-hydrogen) atoms. The van der Waals surface area contributed by atoms with Crippen LogP contribution in [0, 0.1) is 0 Å². The molecule has 0 bridgehead atoms. The molecule has 124 valence electrons. The molecule has 1 unspecified atom stereocenters. The number of aliphatic carboxylic acids is 1. The predicted molar refractivity (Wildman–Crippen MR) is 73.3 cm³/mol. The summed E-state index contributed by atoms with van der Waals surface area (Å²) in [6, 6.07) is 2.09. The van der Waals surface area contributed by atoms with Gasteiger partial charge < -0.3 is 9.84 Å². The summed E-state index contributed by atoms with van der Waals surface area (Å²) in [7, 11) is -4.17. The first-order valence-corrected chi connectivity index (χ1v) is 8.53. The summed E-state index contributed by atoms with van der Waals surface area (Å²) in [5, 5.41) is 8.90. The average Bonchev–Trinajstić information content (AvgIpc) is 2.36. The van der Waals surface area contributed by atoms with Crippen LogP contribution in [0.4, 0.5) is 13.2 Å². The molecule has 0 radical (unpaired) electrons. The van der Waals surface area contributed by atoms with E-state index >= 15 is 0 Å². The van der Waals surface area contributed by atoms with Gasteiger partial charge in [-0.3, -0.25) is 4.79 Å². The molecule has 0 aromatic heterocycles. The molecule has 1 aromatic carbocycles. The topological polar surface area (TPSA) is 92.7 Å². The maximum atomic E-state index is 12.0. The van der Waals surface area contributed by atoms with Crippen molar-refractivity contribution in [3.8, 4) is 5.75 Å². The van der Waals surface area contributed by atoms with Crippen LogP contribution in [0.5, 0.6) is 5.75 Å². The van der Waals surface area contributed by atoms with E-state index in [9.17, 15) is 26.4 Å². The van der Waals surface area contributed by atoms with Gasteiger partial charge in [0.1, 0.15) is 11.8 Å². The van der Waals surface area contributed by atoms with Crippen LogP contribution in [0.2, 0.25) is 0 Å². The van der Waals surface area contributed by atoms with Gasteiger partial charge in [0.15, 0.2) is 0 Å². The van der Waals surface area contributed by atoms with Crippen LogP contribution in [0.1, 0.15) is 0 Å². The van der Waals surface area contributed by atoms with Gasteiger partial charge in [-0.25, -0.2) is 8.42 Å². The van der Waals surface area contributed by atoms with Gasteiger partial charge in [-0.05, 0) is 30.5 Å². The van der Waals surface area contributed by atoms with Crippen LogP contribution >= 0.6 is 11.8 Å². The lowest BCUT2D eigenvalue weighted by Crippen LogP contribution is -2.42. The largest absolute Gasteiger partial charge is 0.573 e. The van der Waals surface area contributed by atoms with Crippen molar-refractivity contribution < 1.29 is 36.2 Å². The van der Waals surface area contributed by atoms with Crippen LogP contribution in [-0.2, 0) is 14.8 Å². The minimum Gasteiger partial charge on any atom is -0.480 e. The Bertz CT molecular complexity index is 616. The van der Waals surface area contributed by atoms with Crippen molar-refractivity contribution in [1.82, 2.24) is 4.72 Å². The smallest absolute Gasteiger partial charge is 0.480 e. The van der Waals surface area contributed by atoms with Gasteiger partial charge in [0, 0.05) is 5.75 Å². The van der Waals surface area contributed by atoms with Crippen LogP contribution in [0.25, 0.3) is 0 Å². The number of benzene rings is 1. The van der Waals surface area contributed by atoms with E-state index in [-0.39, 0.29) is 10.6 Å². The van der Waals surface area contributed by atoms with E-state index in [2.05, 4.69) is 4.74 Å². The Morgan fingerprint density at radius 1 is 1.36 bits per heavy atom. The molecule has 0 spiro atoms. The first-order valence-electron chi connectivity index (χ1n) is 5.65. The predicted octanol–water partition coefficient (Wildman–Crippen LogP) is 1.68. The van der Waals surface area contributed by atoms with Crippen LogP contribution in [-0.4, -0.2) is 43.9 Å². The third-order valence-corrected chi connectivity index (χ3v) is 4.45. The second kappa shape index (κ2) is 7.20. The molecule has 0 amide bonds. The molecule has 0 saturated carbocycles. The quantitative estimate of drug-likeness (QED) is 0.770. The molecule has 0 aliphatic rings. The van der Waals surface area contributed by atoms with E-state index in [4.69, 9.17) is 5.11 Å². The minimum absolute atomic E-state index is 0.00380. The number of carboxylic acid groups (broad SMARTS) is 1. The van der Waals surface area contributed by atoms with E-state index in [1.165, 1.54) is 0 Å². The summed E-state index contributed by atoms with van der Waals surface area (Å²) in [6.45, 7) is 0. The maximum absolute atomic E-state index is 12.0. The summed E-state index contributed by atoms with van der Waals surface area (Å²) in [6.07, 6.45) is -3.28. The SMILES string of the molecule is CSCC(NS(=O)(=O)c1ccc(OC(F)(F)F)cc1)C(=O)O. The van der Waals surface area contributed by atoms with Crippen molar-refractivity contribution in [2.24, 2.45) is 0 Å². The fourth-order valence-electron chi connectivity index (χ4n) is 1.40. The Kier molecular flexibility index (Phi) is 6.08. The summed E-state index contributed by atoms with van der Waals surface area (Å²) in [5.74, 6) is -1.93. The third-order valence-electron chi connectivity index (χ3n) is 2.30. The molecule has 1 atom stereocenters. The second-order valence-electron chi connectivity index (χ2n) is 3.99. The highest BCUT2D eigenvalue weighted by molar-refractivity contribution is 7.98. The highest BCUT2D eigenvalue weighted by atomic mass is 32.2. The third kappa shape index (κ3) is 5.73. The van der Waals surface area contributed by atoms with Crippen LogP contribution in [0.15, 0.2) is 29.2 Å². The molecule has 1 aromatic rings. The molecule has 6 nitrogen and oxygen atoms in total. The van der Waals surface area contributed by atoms with E-state index in [0.29, 0.717) is 0 Å². The summed E-state index contributed by atoms with van der Waals surface area (Å²) in [4.78, 5) is 10.6. The Morgan fingerprint density at radius 2 is 1.91 bits per heavy atom. The van der Waals surface area contributed by atoms with Crippen molar-refractivity contribution in [2.75, 3.05) is 12.0 Å². The van der Waals surface area contributed by atoms with Gasteiger partial charge >= 0.3 is 12.3 Å². The molecule has 11 heteroatoms. The first-order chi connectivity index (χ1) is 10.0. The van der Waals surface area contributed by atoms with Gasteiger partial charge in [0.25, 0.3) is 0 Å². The van der Waals surface area contributed by atoms with E-state index in [1.54, 1.807) is 6.26 Å². The molecular weight excluding hydrogens is 347 g/mol. The summed E-state index contributed by atoms with van der Waals surface area (Å²) >= 11 is 1.13. The van der Waals surface area contributed by atoms with Gasteiger partial charge in [-0.1, -0.05) is 0 Å². The molecule has 0 fully saturated rings. The zero-order chi connectivity index (χ0) is 17.0. The number of sulfonamides is 1. The van der Waals surface area contributed by atoms with Gasteiger partial charge in [-0.2, -0.15) is 16.5 Å². The highest BCUT2D eigenvalue weighted by Gasteiger charge is 2.31. The molecule has 0 aliphatic carbocycles. The Balaban J connectivity index is 2.91. The number of thioether (sulfide) groups is 1. The second-order valence-corrected chi connectivity index (χ2v) is 6.61. The number of alkyl halides is 3. The molecule has 2 N–H and O–H groups in total. The fourth-order valence-corrected chi connectivity index (χ4v) is 3.25. The number of hydrogen-bond acceptors (Lipinski definition) is 5.